The minimum Gasteiger partial charge on any atom is -0.494 e. The number of aromatic nitrogens is 1. The molecule has 1 aromatic heterocycles. The molecule has 1 amide bonds. The van der Waals surface area contributed by atoms with Crippen LogP contribution in [0.5, 0.6) is 5.75 Å². The molecule has 0 saturated heterocycles. The quantitative estimate of drug-likeness (QED) is 0.837. The summed E-state index contributed by atoms with van der Waals surface area (Å²) in [4.78, 5) is 27.8. The smallest absolute Gasteiger partial charge is 0.339 e. The van der Waals surface area contributed by atoms with Crippen LogP contribution in [0.1, 0.15) is 17.3 Å². The zero-order chi connectivity index (χ0) is 17.7. The van der Waals surface area contributed by atoms with Crippen LogP contribution in [0.15, 0.2) is 36.5 Å². The van der Waals surface area contributed by atoms with E-state index < -0.39 is 23.8 Å². The maximum atomic E-state index is 13.6. The molecule has 2 rings (SSSR count). The third-order valence-corrected chi connectivity index (χ3v) is 3.24. The molecular formula is C16H14ClFN2O4. The minimum atomic E-state index is -1.10. The maximum Gasteiger partial charge on any atom is 0.339 e. The Morgan fingerprint density at radius 2 is 2.04 bits per heavy atom. The van der Waals surface area contributed by atoms with Crippen molar-refractivity contribution in [3.63, 3.8) is 0 Å². The number of benzene rings is 1. The average molecular weight is 353 g/mol. The molecule has 6 nitrogen and oxygen atoms in total. The predicted molar refractivity (Wildman–Crippen MR) is 85.7 cm³/mol. The molecule has 8 heteroatoms. The van der Waals surface area contributed by atoms with Gasteiger partial charge in [-0.2, -0.15) is 0 Å². The van der Waals surface area contributed by atoms with E-state index in [-0.39, 0.29) is 17.1 Å². The van der Waals surface area contributed by atoms with Gasteiger partial charge in [-0.15, -0.1) is 0 Å². The van der Waals surface area contributed by atoms with E-state index in [0.717, 1.165) is 6.07 Å². The number of anilines is 1. The Balaban J connectivity index is 1.98. The van der Waals surface area contributed by atoms with E-state index in [1.54, 1.807) is 6.07 Å². The van der Waals surface area contributed by atoms with E-state index in [2.05, 4.69) is 10.3 Å². The van der Waals surface area contributed by atoms with Crippen molar-refractivity contribution in [2.24, 2.45) is 0 Å². The maximum absolute atomic E-state index is 13.6. The highest BCUT2D eigenvalue weighted by molar-refractivity contribution is 6.30. The molecule has 0 aliphatic rings. The fourth-order valence-electron chi connectivity index (χ4n) is 1.75. The third kappa shape index (κ3) is 4.42. The van der Waals surface area contributed by atoms with Crippen LogP contribution < -0.4 is 10.1 Å². The van der Waals surface area contributed by atoms with Gasteiger partial charge in [-0.25, -0.2) is 14.2 Å². The second kappa shape index (κ2) is 7.74. The van der Waals surface area contributed by atoms with E-state index in [0.29, 0.717) is 5.02 Å². The molecule has 1 aromatic carbocycles. The molecule has 0 saturated carbocycles. The summed E-state index contributed by atoms with van der Waals surface area (Å²) in [6.07, 6.45) is 0.272. The standard InChI is InChI=1S/C16H14ClFN2O4/c1-9(15(21)20-14-6-4-11(17)8-19-14)24-16(22)10-3-5-13(23-2)12(18)7-10/h3-9H,1-2H3,(H,19,20,21)/t9-/m1/s1. The third-order valence-electron chi connectivity index (χ3n) is 3.02. The molecule has 0 aliphatic carbocycles. The zero-order valence-corrected chi connectivity index (χ0v) is 13.6. The van der Waals surface area contributed by atoms with Crippen molar-refractivity contribution in [2.75, 3.05) is 12.4 Å². The summed E-state index contributed by atoms with van der Waals surface area (Å²) in [5.74, 6) is -1.83. The van der Waals surface area contributed by atoms with Gasteiger partial charge < -0.3 is 14.8 Å². The van der Waals surface area contributed by atoms with Gasteiger partial charge in [-0.3, -0.25) is 4.79 Å². The van der Waals surface area contributed by atoms with Gasteiger partial charge in [0.05, 0.1) is 17.7 Å². The summed E-state index contributed by atoms with van der Waals surface area (Å²) in [5, 5.41) is 2.90. The Bertz CT molecular complexity index is 752. The van der Waals surface area contributed by atoms with Crippen molar-refractivity contribution in [1.29, 1.82) is 0 Å². The van der Waals surface area contributed by atoms with Crippen LogP contribution in [0.2, 0.25) is 5.02 Å². The number of nitrogens with one attached hydrogen (secondary N) is 1. The Morgan fingerprint density at radius 3 is 2.62 bits per heavy atom. The zero-order valence-electron chi connectivity index (χ0n) is 12.9. The second-order valence-electron chi connectivity index (χ2n) is 4.75. The number of halogens is 2. The Labute approximate surface area is 142 Å². The van der Waals surface area contributed by atoms with Crippen molar-refractivity contribution in [1.82, 2.24) is 4.98 Å². The molecule has 0 radical (unpaired) electrons. The molecular weight excluding hydrogens is 339 g/mol. The highest BCUT2D eigenvalue weighted by Crippen LogP contribution is 2.18. The SMILES string of the molecule is COc1ccc(C(=O)O[C@H](C)C(=O)Nc2ccc(Cl)cn2)cc1F. The number of amides is 1. The van der Waals surface area contributed by atoms with Crippen molar-refractivity contribution in [3.8, 4) is 5.75 Å². The van der Waals surface area contributed by atoms with Crippen molar-refractivity contribution in [2.45, 2.75) is 13.0 Å². The second-order valence-corrected chi connectivity index (χ2v) is 5.18. The first-order chi connectivity index (χ1) is 11.4. The summed E-state index contributed by atoms with van der Waals surface area (Å²) in [5.41, 5.74) is -0.0300. The fraction of sp³-hybridized carbons (Fsp3) is 0.188. The highest BCUT2D eigenvalue weighted by atomic mass is 35.5. The molecule has 0 aliphatic heterocycles. The Morgan fingerprint density at radius 1 is 1.29 bits per heavy atom. The van der Waals surface area contributed by atoms with Gasteiger partial charge in [-0.1, -0.05) is 11.6 Å². The lowest BCUT2D eigenvalue weighted by Gasteiger charge is -2.13. The lowest BCUT2D eigenvalue weighted by atomic mass is 10.2. The van der Waals surface area contributed by atoms with Crippen LogP contribution in [0.3, 0.4) is 0 Å². The first kappa shape index (κ1) is 17.7. The summed E-state index contributed by atoms with van der Waals surface area (Å²) in [6, 6.07) is 6.69. The van der Waals surface area contributed by atoms with Crippen molar-refractivity contribution >= 4 is 29.3 Å². The average Bonchev–Trinajstić information content (AvgIpc) is 2.56. The molecule has 1 N–H and O–H groups in total. The minimum absolute atomic E-state index is 0.00570. The molecule has 0 unspecified atom stereocenters. The predicted octanol–water partition coefficient (Wildman–Crippen LogP) is 3.07. The summed E-state index contributed by atoms with van der Waals surface area (Å²) >= 11 is 5.70. The van der Waals surface area contributed by atoms with Crippen molar-refractivity contribution < 1.29 is 23.5 Å². The monoisotopic (exact) mass is 352 g/mol. The Hall–Kier alpha value is -2.67. The van der Waals surface area contributed by atoms with Gasteiger partial charge in [0.1, 0.15) is 5.82 Å². The van der Waals surface area contributed by atoms with Crippen LogP contribution in [0.4, 0.5) is 10.2 Å². The number of esters is 1. The highest BCUT2D eigenvalue weighted by Gasteiger charge is 2.20. The number of nitrogens with zero attached hydrogens (tertiary/aromatic N) is 1. The first-order valence-corrected chi connectivity index (χ1v) is 7.25. The largest absolute Gasteiger partial charge is 0.494 e. The number of rotatable bonds is 5. The summed E-state index contributed by atoms with van der Waals surface area (Å²) in [7, 11) is 1.31. The lowest BCUT2D eigenvalue weighted by molar-refractivity contribution is -0.123. The van der Waals surface area contributed by atoms with Crippen LogP contribution >= 0.6 is 11.6 Å². The molecule has 0 bridgehead atoms. The number of ether oxygens (including phenoxy) is 2. The number of hydrogen-bond acceptors (Lipinski definition) is 5. The molecule has 0 fully saturated rings. The number of pyridine rings is 1. The summed E-state index contributed by atoms with van der Waals surface area (Å²) < 4.78 is 23.4. The van der Waals surface area contributed by atoms with Gasteiger partial charge in [0, 0.05) is 6.20 Å². The van der Waals surface area contributed by atoms with Crippen LogP contribution in [-0.2, 0) is 9.53 Å². The molecule has 1 heterocycles. The van der Waals surface area contributed by atoms with E-state index in [1.165, 1.54) is 38.4 Å². The summed E-state index contributed by atoms with van der Waals surface area (Å²) in [6.45, 7) is 1.39. The number of methoxy groups -OCH3 is 1. The first-order valence-electron chi connectivity index (χ1n) is 6.87. The normalized spacial score (nSPS) is 11.5. The van der Waals surface area contributed by atoms with E-state index in [4.69, 9.17) is 21.1 Å². The number of hydrogen-bond donors (Lipinski definition) is 1. The molecule has 1 atom stereocenters. The Kier molecular flexibility index (Phi) is 5.70. The molecule has 0 spiro atoms. The van der Waals surface area contributed by atoms with Crippen molar-refractivity contribution in [3.05, 3.63) is 52.9 Å². The van der Waals surface area contributed by atoms with E-state index in [9.17, 15) is 14.0 Å². The van der Waals surface area contributed by atoms with E-state index >= 15 is 0 Å². The molecule has 126 valence electrons. The molecule has 2 aromatic rings. The van der Waals surface area contributed by atoms with Gasteiger partial charge in [-0.05, 0) is 37.3 Å². The number of carbonyl (C=O) groups is 2. The van der Waals surface area contributed by atoms with Gasteiger partial charge >= 0.3 is 5.97 Å². The van der Waals surface area contributed by atoms with Crippen LogP contribution in [-0.4, -0.2) is 30.1 Å². The fourth-order valence-corrected chi connectivity index (χ4v) is 1.86. The lowest BCUT2D eigenvalue weighted by Crippen LogP contribution is -2.30. The van der Waals surface area contributed by atoms with Gasteiger partial charge in [0.2, 0.25) is 0 Å². The topological polar surface area (TPSA) is 77.5 Å². The number of carbonyl (C=O) groups excluding carboxylic acids is 2. The van der Waals surface area contributed by atoms with Gasteiger partial charge in [0.15, 0.2) is 17.7 Å². The van der Waals surface area contributed by atoms with E-state index in [1.807, 2.05) is 0 Å². The molecule has 24 heavy (non-hydrogen) atoms. The van der Waals surface area contributed by atoms with Crippen LogP contribution in [0.25, 0.3) is 0 Å². The van der Waals surface area contributed by atoms with Crippen LogP contribution in [0, 0.1) is 5.82 Å². The van der Waals surface area contributed by atoms with Gasteiger partial charge in [0.25, 0.3) is 5.91 Å².